The summed E-state index contributed by atoms with van der Waals surface area (Å²) in [5.74, 6) is 2.67. The third-order valence-electron chi connectivity index (χ3n) is 2.63. The van der Waals surface area contributed by atoms with Crippen molar-refractivity contribution in [3.8, 4) is 11.5 Å². The Balaban J connectivity index is 2.15. The number of thioether (sulfide) groups is 1. The van der Waals surface area contributed by atoms with Gasteiger partial charge in [0.2, 0.25) is 0 Å². The average Bonchev–Trinajstić information content (AvgIpc) is 2.77. The number of nitrogen functional groups attached to an aromatic ring is 1. The van der Waals surface area contributed by atoms with Gasteiger partial charge in [0, 0.05) is 23.3 Å². The smallest absolute Gasteiger partial charge is 0.182 e. The van der Waals surface area contributed by atoms with Gasteiger partial charge in [-0.1, -0.05) is 23.2 Å². The Labute approximate surface area is 118 Å². The Kier molecular flexibility index (Phi) is 3.05. The summed E-state index contributed by atoms with van der Waals surface area (Å²) in [5, 5.41) is 0.904. The van der Waals surface area contributed by atoms with Crippen LogP contribution in [0.2, 0.25) is 10.0 Å². The molecule has 0 aliphatic carbocycles. The summed E-state index contributed by atoms with van der Waals surface area (Å²) in [5.41, 5.74) is 8.43. The van der Waals surface area contributed by atoms with Gasteiger partial charge in [-0.3, -0.25) is 0 Å². The topological polar surface area (TPSA) is 64.7 Å². The van der Waals surface area contributed by atoms with Crippen molar-refractivity contribution in [3.05, 3.63) is 33.6 Å². The molecule has 0 bridgehead atoms. The highest BCUT2D eigenvalue weighted by molar-refractivity contribution is 7.98. The Bertz CT molecular complexity index is 633. The highest BCUT2D eigenvalue weighted by Gasteiger charge is 2.20. The molecule has 0 spiro atoms. The number of hydrogen-bond donors (Lipinski definition) is 1. The van der Waals surface area contributed by atoms with Gasteiger partial charge in [-0.05, 0) is 6.07 Å². The second-order valence-electron chi connectivity index (χ2n) is 3.83. The second-order valence-corrected chi connectivity index (χ2v) is 5.66. The molecule has 0 saturated carbocycles. The van der Waals surface area contributed by atoms with Crippen LogP contribution in [-0.4, -0.2) is 15.0 Å². The van der Waals surface area contributed by atoms with Crippen LogP contribution in [0.1, 0.15) is 11.3 Å². The van der Waals surface area contributed by atoms with Gasteiger partial charge in [0.15, 0.2) is 5.82 Å². The molecule has 18 heavy (non-hydrogen) atoms. The lowest BCUT2D eigenvalue weighted by Gasteiger charge is -2.06. The molecule has 1 aliphatic rings. The van der Waals surface area contributed by atoms with E-state index in [1.807, 2.05) is 0 Å². The third kappa shape index (κ3) is 2.02. The molecule has 0 saturated heterocycles. The fraction of sp³-hybridized carbons (Fsp3) is 0.182. The van der Waals surface area contributed by atoms with E-state index >= 15 is 0 Å². The van der Waals surface area contributed by atoms with Crippen LogP contribution in [0.5, 0.6) is 0 Å². The molecule has 2 aromatic heterocycles. The first kappa shape index (κ1) is 12.0. The van der Waals surface area contributed by atoms with Gasteiger partial charge in [-0.15, -0.1) is 0 Å². The van der Waals surface area contributed by atoms with Crippen molar-refractivity contribution in [1.82, 2.24) is 15.0 Å². The average molecular weight is 299 g/mol. The lowest BCUT2D eigenvalue weighted by Crippen LogP contribution is -2.03. The third-order valence-corrected chi connectivity index (χ3v) is 4.09. The van der Waals surface area contributed by atoms with Crippen LogP contribution in [0, 0.1) is 0 Å². The molecule has 0 unspecified atom stereocenters. The van der Waals surface area contributed by atoms with E-state index in [1.165, 1.54) is 6.20 Å². The van der Waals surface area contributed by atoms with E-state index in [2.05, 4.69) is 15.0 Å². The van der Waals surface area contributed by atoms with E-state index in [9.17, 15) is 0 Å². The number of anilines is 1. The van der Waals surface area contributed by atoms with Crippen molar-refractivity contribution in [1.29, 1.82) is 0 Å². The predicted molar refractivity (Wildman–Crippen MR) is 74.7 cm³/mol. The van der Waals surface area contributed by atoms with Gasteiger partial charge in [-0.25, -0.2) is 15.0 Å². The standard InChI is InChI=1S/C11H8Cl2N4S/c12-5-1-7(13)9(15-2-5)11-16-8-4-18-3-6(8)10(14)17-11/h1-2H,3-4H2,(H2,14,16,17). The minimum atomic E-state index is 0.424. The summed E-state index contributed by atoms with van der Waals surface area (Å²) >= 11 is 13.7. The minimum Gasteiger partial charge on any atom is -0.383 e. The maximum Gasteiger partial charge on any atom is 0.182 e. The number of nitrogens with zero attached hydrogens (tertiary/aromatic N) is 3. The monoisotopic (exact) mass is 298 g/mol. The van der Waals surface area contributed by atoms with Gasteiger partial charge < -0.3 is 5.73 Å². The minimum absolute atomic E-state index is 0.424. The van der Waals surface area contributed by atoms with Crippen LogP contribution >= 0.6 is 35.0 Å². The number of rotatable bonds is 1. The maximum absolute atomic E-state index is 6.09. The number of nitrogens with two attached hydrogens (primary N) is 1. The fourth-order valence-electron chi connectivity index (χ4n) is 1.76. The van der Waals surface area contributed by atoms with Crippen LogP contribution in [-0.2, 0) is 11.5 Å². The molecule has 3 rings (SSSR count). The van der Waals surface area contributed by atoms with Crippen molar-refractivity contribution >= 4 is 40.8 Å². The number of fused-ring (bicyclic) bond motifs is 1. The molecular formula is C11H8Cl2N4S. The van der Waals surface area contributed by atoms with E-state index in [1.54, 1.807) is 17.8 Å². The van der Waals surface area contributed by atoms with Gasteiger partial charge in [0.25, 0.3) is 0 Å². The summed E-state index contributed by atoms with van der Waals surface area (Å²) < 4.78 is 0. The number of aromatic nitrogens is 3. The largest absolute Gasteiger partial charge is 0.383 e. The van der Waals surface area contributed by atoms with Gasteiger partial charge in [-0.2, -0.15) is 11.8 Å². The summed E-state index contributed by atoms with van der Waals surface area (Å²) in [7, 11) is 0. The van der Waals surface area contributed by atoms with Gasteiger partial charge >= 0.3 is 0 Å². The summed E-state index contributed by atoms with van der Waals surface area (Å²) in [6.45, 7) is 0. The molecule has 7 heteroatoms. The normalized spacial score (nSPS) is 13.7. The fourth-order valence-corrected chi connectivity index (χ4v) is 3.28. The summed E-state index contributed by atoms with van der Waals surface area (Å²) in [4.78, 5) is 12.9. The number of pyridine rings is 1. The quantitative estimate of drug-likeness (QED) is 0.876. The first-order valence-corrected chi connectivity index (χ1v) is 7.10. The van der Waals surface area contributed by atoms with E-state index in [0.717, 1.165) is 22.8 Å². The van der Waals surface area contributed by atoms with Crippen LogP contribution in [0.15, 0.2) is 12.3 Å². The number of halogens is 2. The van der Waals surface area contributed by atoms with Crippen molar-refractivity contribution in [2.24, 2.45) is 0 Å². The maximum atomic E-state index is 6.09. The lowest BCUT2D eigenvalue weighted by molar-refractivity contribution is 1.07. The van der Waals surface area contributed by atoms with E-state index in [4.69, 9.17) is 28.9 Å². The molecule has 1 aliphatic heterocycles. The molecule has 0 radical (unpaired) electrons. The van der Waals surface area contributed by atoms with Crippen LogP contribution < -0.4 is 5.73 Å². The zero-order valence-corrected chi connectivity index (χ0v) is 11.5. The Morgan fingerprint density at radius 2 is 2.06 bits per heavy atom. The highest BCUT2D eigenvalue weighted by Crippen LogP contribution is 2.34. The molecule has 4 nitrogen and oxygen atoms in total. The second kappa shape index (κ2) is 4.57. The zero-order valence-electron chi connectivity index (χ0n) is 9.15. The first-order chi connectivity index (χ1) is 8.65. The predicted octanol–water partition coefficient (Wildman–Crippen LogP) is 3.17. The summed E-state index contributed by atoms with van der Waals surface area (Å²) in [6, 6.07) is 1.62. The molecule has 0 fully saturated rings. The lowest BCUT2D eigenvalue weighted by atomic mass is 10.2. The van der Waals surface area contributed by atoms with Crippen molar-refractivity contribution in [2.75, 3.05) is 5.73 Å². The zero-order chi connectivity index (χ0) is 12.7. The Morgan fingerprint density at radius 3 is 2.83 bits per heavy atom. The first-order valence-electron chi connectivity index (χ1n) is 5.19. The SMILES string of the molecule is Nc1nc(-c2ncc(Cl)cc2Cl)nc2c1CSC2. The molecule has 0 amide bonds. The van der Waals surface area contributed by atoms with Crippen LogP contribution in [0.3, 0.4) is 0 Å². The Hall–Kier alpha value is -1.04. The van der Waals surface area contributed by atoms with Crippen molar-refractivity contribution < 1.29 is 0 Å². The van der Waals surface area contributed by atoms with Crippen LogP contribution in [0.4, 0.5) is 5.82 Å². The molecule has 3 heterocycles. The molecule has 0 atom stereocenters. The van der Waals surface area contributed by atoms with Gasteiger partial charge in [0.1, 0.15) is 11.5 Å². The van der Waals surface area contributed by atoms with E-state index < -0.39 is 0 Å². The number of hydrogen-bond acceptors (Lipinski definition) is 5. The Morgan fingerprint density at radius 1 is 1.22 bits per heavy atom. The van der Waals surface area contributed by atoms with Crippen molar-refractivity contribution in [2.45, 2.75) is 11.5 Å². The van der Waals surface area contributed by atoms with Crippen LogP contribution in [0.25, 0.3) is 11.5 Å². The highest BCUT2D eigenvalue weighted by atomic mass is 35.5. The molecule has 2 N–H and O–H groups in total. The van der Waals surface area contributed by atoms with Crippen molar-refractivity contribution in [3.63, 3.8) is 0 Å². The summed E-state index contributed by atoms with van der Waals surface area (Å²) in [6.07, 6.45) is 1.52. The molecule has 0 aromatic carbocycles. The molecule has 2 aromatic rings. The van der Waals surface area contributed by atoms with E-state index in [-0.39, 0.29) is 0 Å². The van der Waals surface area contributed by atoms with Gasteiger partial charge in [0.05, 0.1) is 15.7 Å². The molecule has 92 valence electrons. The molecular weight excluding hydrogens is 291 g/mol. The van der Waals surface area contributed by atoms with E-state index in [0.29, 0.717) is 27.4 Å².